The van der Waals surface area contributed by atoms with E-state index in [1.54, 1.807) is 15.8 Å². The number of amides is 1. The number of aliphatic carboxylic acids is 1. The van der Waals surface area contributed by atoms with Gasteiger partial charge in [-0.3, -0.25) is 14.3 Å². The molecule has 2 aromatic rings. The molecule has 1 aromatic heterocycles. The Morgan fingerprint density at radius 1 is 1.15 bits per heavy atom. The van der Waals surface area contributed by atoms with Crippen LogP contribution in [0.1, 0.15) is 54.2 Å². The van der Waals surface area contributed by atoms with Crippen LogP contribution in [0.4, 0.5) is 0 Å². The van der Waals surface area contributed by atoms with Crippen molar-refractivity contribution in [2.24, 2.45) is 7.05 Å². The number of hydrogen-bond donors (Lipinski definition) is 1. The van der Waals surface area contributed by atoms with Gasteiger partial charge in [-0.15, -0.1) is 0 Å². The fourth-order valence-corrected chi connectivity index (χ4v) is 3.74. The van der Waals surface area contributed by atoms with Crippen LogP contribution in [0.3, 0.4) is 0 Å². The van der Waals surface area contributed by atoms with E-state index in [0.29, 0.717) is 31.5 Å². The zero-order valence-corrected chi connectivity index (χ0v) is 15.5. The van der Waals surface area contributed by atoms with Gasteiger partial charge in [0.25, 0.3) is 5.91 Å². The Bertz CT molecular complexity index is 803. The molecule has 0 saturated carbocycles. The number of rotatable bonds is 4. The van der Waals surface area contributed by atoms with Crippen LogP contribution in [0.25, 0.3) is 0 Å². The first-order valence-electron chi connectivity index (χ1n) is 8.97. The number of aryl methyl sites for hydroxylation is 1. The maximum atomic E-state index is 13.0. The molecule has 1 aromatic carbocycles. The van der Waals surface area contributed by atoms with E-state index < -0.39 is 11.4 Å². The van der Waals surface area contributed by atoms with Crippen LogP contribution in [0.15, 0.2) is 36.5 Å². The van der Waals surface area contributed by atoms with Crippen molar-refractivity contribution in [1.29, 1.82) is 0 Å². The van der Waals surface area contributed by atoms with Crippen molar-refractivity contribution >= 4 is 11.9 Å². The minimum absolute atomic E-state index is 0.0612. The Balaban J connectivity index is 1.81. The van der Waals surface area contributed by atoms with Gasteiger partial charge in [0.2, 0.25) is 0 Å². The summed E-state index contributed by atoms with van der Waals surface area (Å²) in [6, 6.07) is 9.34. The average molecular weight is 355 g/mol. The fraction of sp³-hybridized carbons (Fsp3) is 0.450. The Kier molecular flexibility index (Phi) is 4.85. The van der Waals surface area contributed by atoms with E-state index in [-0.39, 0.29) is 11.8 Å². The number of likely N-dealkylation sites (tertiary alicyclic amines) is 1. The van der Waals surface area contributed by atoms with Crippen LogP contribution in [0.5, 0.6) is 0 Å². The third kappa shape index (κ3) is 3.11. The number of carboxylic acids is 1. The summed E-state index contributed by atoms with van der Waals surface area (Å²) >= 11 is 0. The van der Waals surface area contributed by atoms with Crippen LogP contribution in [-0.4, -0.2) is 44.8 Å². The van der Waals surface area contributed by atoms with Gasteiger partial charge in [0.1, 0.15) is 0 Å². The fourth-order valence-electron chi connectivity index (χ4n) is 3.74. The molecule has 1 aliphatic rings. The molecule has 1 amide bonds. The molecule has 0 bridgehead atoms. The molecule has 0 spiro atoms. The van der Waals surface area contributed by atoms with E-state index >= 15 is 0 Å². The Morgan fingerprint density at radius 2 is 1.77 bits per heavy atom. The highest BCUT2D eigenvalue weighted by atomic mass is 16.4. The number of hydrogen-bond acceptors (Lipinski definition) is 3. The summed E-state index contributed by atoms with van der Waals surface area (Å²) in [6.07, 6.45) is 2.58. The maximum Gasteiger partial charge on any atom is 0.314 e. The average Bonchev–Trinajstić information content (AvgIpc) is 3.04. The molecule has 1 aliphatic heterocycles. The Morgan fingerprint density at radius 3 is 2.31 bits per heavy atom. The second-order valence-electron chi connectivity index (χ2n) is 7.30. The molecule has 0 unspecified atom stereocenters. The molecule has 0 atom stereocenters. The second-order valence-corrected chi connectivity index (χ2v) is 7.30. The number of carbonyl (C=O) groups is 2. The number of nitrogens with zero attached hydrogens (tertiary/aromatic N) is 3. The topological polar surface area (TPSA) is 75.4 Å². The third-order valence-corrected chi connectivity index (χ3v) is 5.27. The molecule has 6 nitrogen and oxygen atoms in total. The van der Waals surface area contributed by atoms with Gasteiger partial charge in [-0.05, 0) is 24.3 Å². The van der Waals surface area contributed by atoms with E-state index in [4.69, 9.17) is 0 Å². The van der Waals surface area contributed by atoms with Crippen LogP contribution in [-0.2, 0) is 17.3 Å². The molecular weight excluding hydrogens is 330 g/mol. The Labute approximate surface area is 153 Å². The van der Waals surface area contributed by atoms with E-state index in [1.165, 1.54) is 0 Å². The Hall–Kier alpha value is -2.63. The predicted molar refractivity (Wildman–Crippen MR) is 98.2 cm³/mol. The van der Waals surface area contributed by atoms with Crippen molar-refractivity contribution in [3.8, 4) is 0 Å². The van der Waals surface area contributed by atoms with Gasteiger partial charge < -0.3 is 10.0 Å². The molecule has 1 fully saturated rings. The van der Waals surface area contributed by atoms with Crippen molar-refractivity contribution < 1.29 is 14.7 Å². The lowest BCUT2D eigenvalue weighted by atomic mass is 9.72. The molecule has 0 radical (unpaired) electrons. The molecular formula is C20H25N3O3. The van der Waals surface area contributed by atoms with Gasteiger partial charge in [0, 0.05) is 26.3 Å². The number of benzene rings is 1. The van der Waals surface area contributed by atoms with Crippen molar-refractivity contribution in [3.63, 3.8) is 0 Å². The molecule has 1 N–H and O–H groups in total. The quantitative estimate of drug-likeness (QED) is 0.915. The molecule has 6 heteroatoms. The van der Waals surface area contributed by atoms with E-state index in [1.807, 2.05) is 51.2 Å². The summed E-state index contributed by atoms with van der Waals surface area (Å²) in [4.78, 5) is 26.8. The van der Waals surface area contributed by atoms with Gasteiger partial charge in [0.05, 0.1) is 16.7 Å². The lowest BCUT2D eigenvalue weighted by Crippen LogP contribution is -2.49. The first kappa shape index (κ1) is 18.2. The van der Waals surface area contributed by atoms with E-state index in [2.05, 4.69) is 5.10 Å². The predicted octanol–water partition coefficient (Wildman–Crippen LogP) is 2.80. The minimum Gasteiger partial charge on any atom is -0.481 e. The molecule has 26 heavy (non-hydrogen) atoms. The first-order chi connectivity index (χ1) is 12.3. The van der Waals surface area contributed by atoms with Gasteiger partial charge in [0.15, 0.2) is 0 Å². The third-order valence-electron chi connectivity index (χ3n) is 5.27. The molecule has 0 aliphatic carbocycles. The first-order valence-corrected chi connectivity index (χ1v) is 8.97. The molecule has 1 saturated heterocycles. The van der Waals surface area contributed by atoms with E-state index in [0.717, 1.165) is 11.3 Å². The normalized spacial score (nSPS) is 16.7. The number of aromatic nitrogens is 2. The molecule has 3 rings (SSSR count). The molecule has 2 heterocycles. The summed E-state index contributed by atoms with van der Waals surface area (Å²) in [5.41, 5.74) is 1.29. The second kappa shape index (κ2) is 6.94. The monoisotopic (exact) mass is 355 g/mol. The van der Waals surface area contributed by atoms with Crippen molar-refractivity contribution in [2.45, 2.75) is 38.0 Å². The minimum atomic E-state index is -0.923. The van der Waals surface area contributed by atoms with Gasteiger partial charge in [-0.25, -0.2) is 0 Å². The smallest absolute Gasteiger partial charge is 0.314 e. The van der Waals surface area contributed by atoms with Gasteiger partial charge in [-0.1, -0.05) is 44.2 Å². The summed E-state index contributed by atoms with van der Waals surface area (Å²) in [6.45, 7) is 4.87. The molecule has 138 valence electrons. The summed E-state index contributed by atoms with van der Waals surface area (Å²) in [5.74, 6) is -0.726. The summed E-state index contributed by atoms with van der Waals surface area (Å²) < 4.78 is 1.66. The summed E-state index contributed by atoms with van der Waals surface area (Å²) in [7, 11) is 1.81. The zero-order valence-electron chi connectivity index (χ0n) is 15.5. The highest BCUT2D eigenvalue weighted by molar-refractivity contribution is 5.95. The van der Waals surface area contributed by atoms with Crippen molar-refractivity contribution in [1.82, 2.24) is 14.7 Å². The van der Waals surface area contributed by atoms with Crippen molar-refractivity contribution in [2.75, 3.05) is 13.1 Å². The highest BCUT2D eigenvalue weighted by Gasteiger charge is 2.44. The van der Waals surface area contributed by atoms with Gasteiger partial charge in [-0.2, -0.15) is 5.10 Å². The lowest BCUT2D eigenvalue weighted by molar-refractivity contribution is -0.145. The lowest BCUT2D eigenvalue weighted by Gasteiger charge is -2.39. The number of carboxylic acid groups (broad SMARTS) is 1. The van der Waals surface area contributed by atoms with Gasteiger partial charge >= 0.3 is 5.97 Å². The maximum absolute atomic E-state index is 13.0. The van der Waals surface area contributed by atoms with Crippen LogP contribution < -0.4 is 0 Å². The summed E-state index contributed by atoms with van der Waals surface area (Å²) in [5, 5.41) is 14.3. The van der Waals surface area contributed by atoms with E-state index in [9.17, 15) is 14.7 Å². The highest BCUT2D eigenvalue weighted by Crippen LogP contribution is 2.36. The van der Waals surface area contributed by atoms with Crippen LogP contribution in [0, 0.1) is 0 Å². The number of carbonyl (C=O) groups excluding carboxylic acids is 1. The largest absolute Gasteiger partial charge is 0.481 e. The van der Waals surface area contributed by atoms with Crippen LogP contribution in [0.2, 0.25) is 0 Å². The number of piperidine rings is 1. The SMILES string of the molecule is CC(C)c1nn(C)cc1C(=O)N1CCC(C(=O)O)(c2ccccc2)CC1. The van der Waals surface area contributed by atoms with Crippen molar-refractivity contribution in [3.05, 3.63) is 53.3 Å². The standard InChI is InChI=1S/C20H25N3O3/c1-14(2)17-16(13-22(3)21-17)18(24)23-11-9-20(10-12-23,19(25)26)15-7-5-4-6-8-15/h4-8,13-14H,9-12H2,1-3H3,(H,25,26). The van der Waals surface area contributed by atoms with Crippen LogP contribution >= 0.6 is 0 Å². The zero-order chi connectivity index (χ0) is 18.9.